The van der Waals surface area contributed by atoms with Crippen molar-refractivity contribution in [2.45, 2.75) is 58.1 Å². The summed E-state index contributed by atoms with van der Waals surface area (Å²) in [6, 6.07) is 2.00. The average molecular weight is 317 g/mol. The Morgan fingerprint density at radius 3 is 2.91 bits per heavy atom. The van der Waals surface area contributed by atoms with Crippen molar-refractivity contribution >= 4 is 6.21 Å². The van der Waals surface area contributed by atoms with Crippen LogP contribution in [0.25, 0.3) is 0 Å². The van der Waals surface area contributed by atoms with Gasteiger partial charge in [-0.15, -0.1) is 0 Å². The van der Waals surface area contributed by atoms with Crippen LogP contribution >= 0.6 is 0 Å². The molecule has 0 bridgehead atoms. The zero-order chi connectivity index (χ0) is 16.9. The number of aryl methyl sites for hydroxylation is 1. The van der Waals surface area contributed by atoms with Crippen LogP contribution < -0.4 is 0 Å². The normalized spacial score (nSPS) is 28.1. The van der Waals surface area contributed by atoms with E-state index in [0.29, 0.717) is 12.6 Å². The SMILES string of the molecule is CCCC1(N(C)C)CC(C)CC1OC/N=C\c1cnccc1C. The zero-order valence-electron chi connectivity index (χ0n) is 15.2. The smallest absolute Gasteiger partial charge is 0.137 e. The topological polar surface area (TPSA) is 37.7 Å². The van der Waals surface area contributed by atoms with Crippen molar-refractivity contribution in [1.29, 1.82) is 0 Å². The van der Waals surface area contributed by atoms with E-state index in [-0.39, 0.29) is 11.6 Å². The van der Waals surface area contributed by atoms with E-state index < -0.39 is 0 Å². The van der Waals surface area contributed by atoms with Gasteiger partial charge in [-0.05, 0) is 57.8 Å². The summed E-state index contributed by atoms with van der Waals surface area (Å²) in [6.45, 7) is 7.08. The molecule has 128 valence electrons. The highest BCUT2D eigenvalue weighted by atomic mass is 16.5. The lowest BCUT2D eigenvalue weighted by Gasteiger charge is -2.41. The van der Waals surface area contributed by atoms with Gasteiger partial charge in [-0.25, -0.2) is 0 Å². The summed E-state index contributed by atoms with van der Waals surface area (Å²) in [5.41, 5.74) is 2.41. The van der Waals surface area contributed by atoms with E-state index in [2.05, 4.69) is 49.7 Å². The fourth-order valence-electron chi connectivity index (χ4n) is 3.90. The molecule has 0 amide bonds. The minimum absolute atomic E-state index is 0.161. The van der Waals surface area contributed by atoms with Crippen LogP contribution in [-0.2, 0) is 4.74 Å². The summed E-state index contributed by atoms with van der Waals surface area (Å²) in [4.78, 5) is 11.0. The van der Waals surface area contributed by atoms with E-state index in [4.69, 9.17) is 4.74 Å². The number of rotatable bonds is 7. The van der Waals surface area contributed by atoms with Gasteiger partial charge in [0, 0.05) is 29.7 Å². The summed E-state index contributed by atoms with van der Waals surface area (Å²) in [6.07, 6.45) is 10.5. The first kappa shape index (κ1) is 18.1. The minimum atomic E-state index is 0.161. The predicted octanol–water partition coefficient (Wildman–Crippen LogP) is 3.68. The van der Waals surface area contributed by atoms with Gasteiger partial charge < -0.3 is 9.64 Å². The summed E-state index contributed by atoms with van der Waals surface area (Å²) < 4.78 is 6.20. The first-order valence-electron chi connectivity index (χ1n) is 8.69. The molecule has 1 fully saturated rings. The lowest BCUT2D eigenvalue weighted by Crippen LogP contribution is -2.51. The number of hydrogen-bond donors (Lipinski definition) is 0. The van der Waals surface area contributed by atoms with Gasteiger partial charge in [-0.1, -0.05) is 20.3 Å². The molecule has 4 heteroatoms. The van der Waals surface area contributed by atoms with E-state index >= 15 is 0 Å². The van der Waals surface area contributed by atoms with Crippen LogP contribution in [0.15, 0.2) is 23.5 Å². The molecule has 0 spiro atoms. The Hall–Kier alpha value is -1.26. The standard InChI is InChI=1S/C19H31N3O/c1-6-8-19(22(4)5)11-15(2)10-18(19)23-14-21-13-17-12-20-9-7-16(17)3/h7,9,12-13,15,18H,6,8,10-11,14H2,1-5H3/b21-13-. The second-order valence-corrected chi connectivity index (χ2v) is 7.12. The molecular weight excluding hydrogens is 286 g/mol. The Morgan fingerprint density at radius 2 is 2.26 bits per heavy atom. The summed E-state index contributed by atoms with van der Waals surface area (Å²) in [5, 5.41) is 0. The van der Waals surface area contributed by atoms with Gasteiger partial charge in [0.25, 0.3) is 0 Å². The Morgan fingerprint density at radius 1 is 1.48 bits per heavy atom. The molecule has 1 saturated carbocycles. The number of hydrogen-bond acceptors (Lipinski definition) is 4. The summed E-state index contributed by atoms with van der Waals surface area (Å²) >= 11 is 0. The van der Waals surface area contributed by atoms with Crippen molar-refractivity contribution in [1.82, 2.24) is 9.88 Å². The van der Waals surface area contributed by atoms with Crippen LogP contribution in [0.1, 0.15) is 50.7 Å². The van der Waals surface area contributed by atoms with Gasteiger partial charge in [0.15, 0.2) is 0 Å². The molecule has 2 rings (SSSR count). The number of pyridine rings is 1. The Kier molecular flexibility index (Phi) is 6.31. The first-order chi connectivity index (χ1) is 11.0. The molecule has 0 radical (unpaired) electrons. The van der Waals surface area contributed by atoms with E-state index in [1.54, 1.807) is 6.20 Å². The fourth-order valence-corrected chi connectivity index (χ4v) is 3.90. The Labute approximate surface area is 141 Å². The van der Waals surface area contributed by atoms with E-state index in [1.165, 1.54) is 24.8 Å². The summed E-state index contributed by atoms with van der Waals surface area (Å²) in [5.74, 6) is 0.707. The van der Waals surface area contributed by atoms with Crippen LogP contribution in [-0.4, -0.2) is 48.6 Å². The Bertz CT molecular complexity index is 529. The molecule has 1 aromatic heterocycles. The van der Waals surface area contributed by atoms with Crippen LogP contribution in [0, 0.1) is 12.8 Å². The van der Waals surface area contributed by atoms with Crippen molar-refractivity contribution in [3.63, 3.8) is 0 Å². The number of nitrogens with zero attached hydrogens (tertiary/aromatic N) is 3. The van der Waals surface area contributed by atoms with Gasteiger partial charge >= 0.3 is 0 Å². The van der Waals surface area contributed by atoms with Crippen molar-refractivity contribution in [2.75, 3.05) is 20.8 Å². The first-order valence-corrected chi connectivity index (χ1v) is 8.69. The lowest BCUT2D eigenvalue weighted by atomic mass is 9.87. The van der Waals surface area contributed by atoms with E-state index in [1.807, 2.05) is 18.5 Å². The third-order valence-electron chi connectivity index (χ3n) is 5.15. The van der Waals surface area contributed by atoms with Crippen LogP contribution in [0.3, 0.4) is 0 Å². The van der Waals surface area contributed by atoms with E-state index in [9.17, 15) is 0 Å². The molecule has 0 aliphatic heterocycles. The molecule has 1 aromatic rings. The molecule has 4 nitrogen and oxygen atoms in total. The second kappa shape index (κ2) is 8.02. The van der Waals surface area contributed by atoms with E-state index in [0.717, 1.165) is 12.0 Å². The van der Waals surface area contributed by atoms with Gasteiger partial charge in [0.1, 0.15) is 6.73 Å². The highest BCUT2D eigenvalue weighted by Gasteiger charge is 2.47. The maximum Gasteiger partial charge on any atom is 0.137 e. The number of ether oxygens (including phenoxy) is 1. The zero-order valence-corrected chi connectivity index (χ0v) is 15.2. The lowest BCUT2D eigenvalue weighted by molar-refractivity contribution is -0.0406. The fraction of sp³-hybridized carbons (Fsp3) is 0.684. The third kappa shape index (κ3) is 4.18. The molecule has 3 unspecified atom stereocenters. The summed E-state index contributed by atoms with van der Waals surface area (Å²) in [7, 11) is 4.37. The second-order valence-electron chi connectivity index (χ2n) is 7.12. The third-order valence-corrected chi connectivity index (χ3v) is 5.15. The Balaban J connectivity index is 1.99. The van der Waals surface area contributed by atoms with Gasteiger partial charge in [-0.3, -0.25) is 9.98 Å². The molecule has 3 atom stereocenters. The average Bonchev–Trinajstić information content (AvgIpc) is 2.83. The van der Waals surface area contributed by atoms with Gasteiger partial charge in [-0.2, -0.15) is 0 Å². The largest absolute Gasteiger partial charge is 0.354 e. The van der Waals surface area contributed by atoms with Crippen molar-refractivity contribution in [3.05, 3.63) is 29.6 Å². The molecule has 23 heavy (non-hydrogen) atoms. The highest BCUT2D eigenvalue weighted by molar-refractivity contribution is 5.80. The van der Waals surface area contributed by atoms with Crippen molar-refractivity contribution in [2.24, 2.45) is 10.9 Å². The van der Waals surface area contributed by atoms with Crippen LogP contribution in [0.4, 0.5) is 0 Å². The van der Waals surface area contributed by atoms with Crippen LogP contribution in [0.2, 0.25) is 0 Å². The molecule has 1 heterocycles. The molecule has 0 N–H and O–H groups in total. The van der Waals surface area contributed by atoms with Crippen molar-refractivity contribution in [3.8, 4) is 0 Å². The molecule has 1 aliphatic carbocycles. The monoisotopic (exact) mass is 317 g/mol. The maximum atomic E-state index is 6.20. The molecular formula is C19H31N3O. The predicted molar refractivity (Wildman–Crippen MR) is 96.0 cm³/mol. The molecule has 1 aliphatic rings. The number of aromatic nitrogens is 1. The maximum absolute atomic E-state index is 6.20. The van der Waals surface area contributed by atoms with Crippen molar-refractivity contribution < 1.29 is 4.74 Å². The highest BCUT2D eigenvalue weighted by Crippen LogP contribution is 2.42. The minimum Gasteiger partial charge on any atom is -0.354 e. The quantitative estimate of drug-likeness (QED) is 0.720. The molecule has 0 saturated heterocycles. The van der Waals surface area contributed by atoms with Crippen LogP contribution in [0.5, 0.6) is 0 Å². The number of likely N-dealkylation sites (N-methyl/N-ethyl adjacent to an activating group) is 1. The van der Waals surface area contributed by atoms with Gasteiger partial charge in [0.2, 0.25) is 0 Å². The van der Waals surface area contributed by atoms with Gasteiger partial charge in [0.05, 0.1) is 6.10 Å². The molecule has 0 aromatic carbocycles. The number of aliphatic imine (C=N–C) groups is 1.